The number of carboxylic acids is 1. The third-order valence-electron chi connectivity index (χ3n) is 5.63. The summed E-state index contributed by atoms with van der Waals surface area (Å²) in [5, 5.41) is 12.0. The lowest BCUT2D eigenvalue weighted by Crippen LogP contribution is -2.66. The standard InChI is InChI=1S/C23H26ClN3O5/c1-14(2)15-6-4-5-7-16(15)23(12-27(13-23)19(28)10-11-20(29)30)22(31)25-17-8-9-18(24)26-21(17)32-3/h4-9,14H,10-13H2,1-3H3,(H,25,31)(H,29,30). The molecule has 2 aromatic rings. The smallest absolute Gasteiger partial charge is 0.303 e. The minimum atomic E-state index is -1.03. The largest absolute Gasteiger partial charge is 0.481 e. The average Bonchev–Trinajstić information content (AvgIpc) is 2.73. The fourth-order valence-electron chi connectivity index (χ4n) is 3.94. The Balaban J connectivity index is 1.94. The number of hydrogen-bond acceptors (Lipinski definition) is 5. The number of benzene rings is 1. The fourth-order valence-corrected chi connectivity index (χ4v) is 4.08. The molecule has 1 aliphatic heterocycles. The topological polar surface area (TPSA) is 109 Å². The molecule has 0 saturated carbocycles. The van der Waals surface area contributed by atoms with Crippen LogP contribution in [0.3, 0.4) is 0 Å². The third kappa shape index (κ3) is 4.70. The van der Waals surface area contributed by atoms with Crippen LogP contribution in [0.4, 0.5) is 5.69 Å². The van der Waals surface area contributed by atoms with Crippen LogP contribution in [0.2, 0.25) is 5.15 Å². The number of anilines is 1. The number of nitrogens with one attached hydrogen (secondary N) is 1. The van der Waals surface area contributed by atoms with Crippen LogP contribution in [0.15, 0.2) is 36.4 Å². The predicted octanol–water partition coefficient (Wildman–Crippen LogP) is 3.45. The van der Waals surface area contributed by atoms with Gasteiger partial charge in [0.15, 0.2) is 0 Å². The minimum absolute atomic E-state index is 0.103. The summed E-state index contributed by atoms with van der Waals surface area (Å²) in [5.41, 5.74) is 1.25. The lowest BCUT2D eigenvalue weighted by atomic mass is 9.69. The number of rotatable bonds is 8. The second-order valence-electron chi connectivity index (χ2n) is 8.11. The van der Waals surface area contributed by atoms with Gasteiger partial charge in [-0.3, -0.25) is 14.4 Å². The number of methoxy groups -OCH3 is 1. The first-order valence-electron chi connectivity index (χ1n) is 10.3. The highest BCUT2D eigenvalue weighted by molar-refractivity contribution is 6.29. The highest BCUT2D eigenvalue weighted by atomic mass is 35.5. The van der Waals surface area contributed by atoms with Crippen LogP contribution in [-0.4, -0.2) is 53.0 Å². The van der Waals surface area contributed by atoms with Gasteiger partial charge in [-0.1, -0.05) is 49.7 Å². The molecule has 2 heterocycles. The monoisotopic (exact) mass is 459 g/mol. The SMILES string of the molecule is COc1nc(Cl)ccc1NC(=O)C1(c2ccccc2C(C)C)CN(C(=O)CCC(=O)O)C1. The molecule has 0 spiro atoms. The molecular weight excluding hydrogens is 434 g/mol. The quantitative estimate of drug-likeness (QED) is 0.585. The van der Waals surface area contributed by atoms with Gasteiger partial charge in [0, 0.05) is 19.5 Å². The third-order valence-corrected chi connectivity index (χ3v) is 5.84. The first-order chi connectivity index (χ1) is 15.2. The Bertz CT molecular complexity index is 1030. The molecule has 2 amide bonds. The second kappa shape index (κ2) is 9.56. The molecule has 0 atom stereocenters. The van der Waals surface area contributed by atoms with Crippen molar-refractivity contribution in [2.24, 2.45) is 0 Å². The van der Waals surface area contributed by atoms with Crippen molar-refractivity contribution in [2.75, 3.05) is 25.5 Å². The Hall–Kier alpha value is -3.13. The van der Waals surface area contributed by atoms with Gasteiger partial charge in [-0.25, -0.2) is 0 Å². The Labute approximate surface area is 191 Å². The van der Waals surface area contributed by atoms with Crippen molar-refractivity contribution in [3.05, 3.63) is 52.7 Å². The highest BCUT2D eigenvalue weighted by Crippen LogP contribution is 2.40. The number of hydrogen-bond donors (Lipinski definition) is 2. The zero-order valence-corrected chi connectivity index (χ0v) is 19.0. The summed E-state index contributed by atoms with van der Waals surface area (Å²) in [7, 11) is 1.43. The summed E-state index contributed by atoms with van der Waals surface area (Å²) < 4.78 is 5.24. The normalized spacial score (nSPS) is 14.6. The van der Waals surface area contributed by atoms with Crippen LogP contribution < -0.4 is 10.1 Å². The number of aliphatic carboxylic acids is 1. The van der Waals surface area contributed by atoms with Gasteiger partial charge in [-0.15, -0.1) is 0 Å². The van der Waals surface area contributed by atoms with E-state index in [0.717, 1.165) is 11.1 Å². The molecule has 0 aliphatic carbocycles. The van der Waals surface area contributed by atoms with E-state index in [4.69, 9.17) is 21.4 Å². The summed E-state index contributed by atoms with van der Waals surface area (Å²) in [6.07, 6.45) is -0.349. The first kappa shape index (κ1) is 23.5. The van der Waals surface area contributed by atoms with Crippen molar-refractivity contribution >= 4 is 35.1 Å². The summed E-state index contributed by atoms with van der Waals surface area (Å²) in [6, 6.07) is 10.8. The van der Waals surface area contributed by atoms with Gasteiger partial charge >= 0.3 is 5.97 Å². The molecular formula is C23H26ClN3O5. The van der Waals surface area contributed by atoms with Crippen molar-refractivity contribution in [3.8, 4) is 5.88 Å². The maximum absolute atomic E-state index is 13.6. The first-order valence-corrected chi connectivity index (χ1v) is 10.7. The van der Waals surface area contributed by atoms with E-state index in [0.29, 0.717) is 5.69 Å². The number of carboxylic acid groups (broad SMARTS) is 1. The maximum atomic E-state index is 13.6. The van der Waals surface area contributed by atoms with Gasteiger partial charge in [-0.05, 0) is 29.2 Å². The molecule has 1 aliphatic rings. The van der Waals surface area contributed by atoms with Crippen molar-refractivity contribution in [1.29, 1.82) is 0 Å². The van der Waals surface area contributed by atoms with Gasteiger partial charge in [0.25, 0.3) is 0 Å². The van der Waals surface area contributed by atoms with E-state index in [-0.39, 0.29) is 54.7 Å². The van der Waals surface area contributed by atoms with Crippen molar-refractivity contribution in [2.45, 2.75) is 38.0 Å². The Morgan fingerprint density at radius 1 is 1.19 bits per heavy atom. The molecule has 1 fully saturated rings. The average molecular weight is 460 g/mol. The maximum Gasteiger partial charge on any atom is 0.303 e. The molecule has 1 aromatic heterocycles. The highest BCUT2D eigenvalue weighted by Gasteiger charge is 2.53. The van der Waals surface area contributed by atoms with Crippen molar-refractivity contribution in [3.63, 3.8) is 0 Å². The number of amides is 2. The van der Waals surface area contributed by atoms with Crippen LogP contribution in [0.25, 0.3) is 0 Å². The summed E-state index contributed by atoms with van der Waals surface area (Å²) in [6.45, 7) is 4.41. The zero-order valence-electron chi connectivity index (χ0n) is 18.2. The van der Waals surface area contributed by atoms with E-state index < -0.39 is 11.4 Å². The molecule has 170 valence electrons. The molecule has 1 saturated heterocycles. The molecule has 32 heavy (non-hydrogen) atoms. The van der Waals surface area contributed by atoms with E-state index >= 15 is 0 Å². The molecule has 3 rings (SSSR count). The number of carbonyl (C=O) groups is 3. The number of nitrogens with zero attached hydrogens (tertiary/aromatic N) is 2. The number of ether oxygens (including phenoxy) is 1. The molecule has 8 nitrogen and oxygen atoms in total. The number of carbonyl (C=O) groups excluding carboxylic acids is 2. The van der Waals surface area contributed by atoms with E-state index in [1.807, 2.05) is 38.1 Å². The van der Waals surface area contributed by atoms with E-state index in [2.05, 4.69) is 10.3 Å². The van der Waals surface area contributed by atoms with Crippen molar-refractivity contribution in [1.82, 2.24) is 9.88 Å². The Kier molecular flexibility index (Phi) is 7.03. The van der Waals surface area contributed by atoms with Crippen LogP contribution >= 0.6 is 11.6 Å². The van der Waals surface area contributed by atoms with Crippen LogP contribution in [0, 0.1) is 0 Å². The van der Waals surface area contributed by atoms with Gasteiger partial charge in [0.1, 0.15) is 16.3 Å². The molecule has 9 heteroatoms. The van der Waals surface area contributed by atoms with E-state index in [1.54, 1.807) is 12.1 Å². The second-order valence-corrected chi connectivity index (χ2v) is 8.50. The molecule has 2 N–H and O–H groups in total. The fraction of sp³-hybridized carbons (Fsp3) is 0.391. The van der Waals surface area contributed by atoms with E-state index in [9.17, 15) is 14.4 Å². The van der Waals surface area contributed by atoms with Gasteiger partial charge < -0.3 is 20.1 Å². The van der Waals surface area contributed by atoms with Crippen molar-refractivity contribution < 1.29 is 24.2 Å². The number of aromatic nitrogens is 1. The minimum Gasteiger partial charge on any atom is -0.481 e. The zero-order chi connectivity index (χ0) is 23.5. The lowest BCUT2D eigenvalue weighted by molar-refractivity contribution is -0.147. The number of pyridine rings is 1. The van der Waals surface area contributed by atoms with Crippen LogP contribution in [0.1, 0.15) is 43.7 Å². The van der Waals surface area contributed by atoms with Gasteiger partial charge in [0.2, 0.25) is 17.7 Å². The van der Waals surface area contributed by atoms with Gasteiger partial charge in [-0.2, -0.15) is 4.98 Å². The number of halogens is 1. The number of likely N-dealkylation sites (tertiary alicyclic amines) is 1. The predicted molar refractivity (Wildman–Crippen MR) is 120 cm³/mol. The summed E-state index contributed by atoms with van der Waals surface area (Å²) in [4.78, 5) is 42.5. The molecule has 0 bridgehead atoms. The molecule has 0 unspecified atom stereocenters. The summed E-state index contributed by atoms with van der Waals surface area (Å²) in [5.74, 6) is -1.26. The molecule has 0 radical (unpaired) electrons. The van der Waals surface area contributed by atoms with Gasteiger partial charge in [0.05, 0.1) is 13.5 Å². The van der Waals surface area contributed by atoms with Crippen LogP contribution in [-0.2, 0) is 19.8 Å². The van der Waals surface area contributed by atoms with E-state index in [1.165, 1.54) is 12.0 Å². The molecule has 1 aromatic carbocycles. The Morgan fingerprint density at radius 2 is 1.88 bits per heavy atom. The van der Waals surface area contributed by atoms with Crippen LogP contribution in [0.5, 0.6) is 5.88 Å². The summed E-state index contributed by atoms with van der Waals surface area (Å²) >= 11 is 5.93. The Morgan fingerprint density at radius 3 is 2.50 bits per heavy atom. The lowest BCUT2D eigenvalue weighted by Gasteiger charge is -2.50.